The number of aromatic nitrogens is 1. The zero-order valence-electron chi connectivity index (χ0n) is 16.1. The van der Waals surface area contributed by atoms with Gasteiger partial charge in [-0.25, -0.2) is 4.79 Å². The Morgan fingerprint density at radius 3 is 2.64 bits per heavy atom. The summed E-state index contributed by atoms with van der Waals surface area (Å²) in [5.41, 5.74) is 3.22. The zero-order chi connectivity index (χ0) is 20.6. The first kappa shape index (κ1) is 20.4. The van der Waals surface area contributed by atoms with Crippen LogP contribution in [0.1, 0.15) is 48.1 Å². The second-order valence-corrected chi connectivity index (χ2v) is 8.38. The number of nitrogens with zero attached hydrogens (tertiary/aromatic N) is 1. The van der Waals surface area contributed by atoms with Crippen LogP contribution >= 0.6 is 23.2 Å². The van der Waals surface area contributed by atoms with Crippen LogP contribution in [-0.2, 0) is 17.8 Å². The average Bonchev–Trinajstić information content (AvgIpc) is 2.92. The van der Waals surface area contributed by atoms with Gasteiger partial charge in [-0.15, -0.1) is 0 Å². The van der Waals surface area contributed by atoms with Crippen molar-refractivity contribution in [3.63, 3.8) is 0 Å². The minimum Gasteiger partial charge on any atom is -0.444 e. The number of rotatable bonds is 3. The van der Waals surface area contributed by atoms with Gasteiger partial charge in [0.2, 0.25) is 0 Å². The van der Waals surface area contributed by atoms with Gasteiger partial charge in [0.05, 0.1) is 17.8 Å². The number of hydrogen-bond donors (Lipinski definition) is 2. The molecule has 0 saturated carbocycles. The third kappa shape index (κ3) is 4.23. The zero-order valence-corrected chi connectivity index (χ0v) is 17.6. The summed E-state index contributed by atoms with van der Waals surface area (Å²) in [6, 6.07) is 5.10. The van der Waals surface area contributed by atoms with Crippen LogP contribution in [0.4, 0.5) is 4.79 Å². The van der Waals surface area contributed by atoms with E-state index < -0.39 is 11.7 Å². The SMILES string of the molecule is Cc1nc2c(c(-c3ccc(Cl)cc3Cl)c1CNC(=O)OC(C)(C)C)C(=O)NC2. The first-order valence-electron chi connectivity index (χ1n) is 8.79. The van der Waals surface area contributed by atoms with Gasteiger partial charge in [-0.05, 0) is 39.8 Å². The van der Waals surface area contributed by atoms with E-state index in [1.54, 1.807) is 39.0 Å². The molecule has 0 aliphatic carbocycles. The molecule has 2 aromatic rings. The van der Waals surface area contributed by atoms with Crippen LogP contribution in [0.3, 0.4) is 0 Å². The van der Waals surface area contributed by atoms with Crippen molar-refractivity contribution in [2.24, 2.45) is 0 Å². The Bertz CT molecular complexity index is 968. The molecule has 28 heavy (non-hydrogen) atoms. The number of halogens is 2. The number of fused-ring (bicyclic) bond motifs is 1. The van der Waals surface area contributed by atoms with Crippen molar-refractivity contribution in [3.8, 4) is 11.1 Å². The third-order valence-electron chi connectivity index (χ3n) is 4.23. The lowest BCUT2D eigenvalue weighted by atomic mass is 9.93. The van der Waals surface area contributed by atoms with Crippen molar-refractivity contribution >= 4 is 35.2 Å². The number of carbonyl (C=O) groups excluding carboxylic acids is 2. The van der Waals surface area contributed by atoms with E-state index in [4.69, 9.17) is 27.9 Å². The topological polar surface area (TPSA) is 80.3 Å². The van der Waals surface area contributed by atoms with Crippen molar-refractivity contribution in [2.75, 3.05) is 0 Å². The monoisotopic (exact) mass is 421 g/mol. The van der Waals surface area contributed by atoms with Gasteiger partial charge in [0.25, 0.3) is 5.91 Å². The molecule has 148 valence electrons. The van der Waals surface area contributed by atoms with E-state index in [2.05, 4.69) is 15.6 Å². The summed E-state index contributed by atoms with van der Waals surface area (Å²) in [5, 5.41) is 6.44. The minimum atomic E-state index is -0.614. The predicted molar refractivity (Wildman–Crippen MR) is 109 cm³/mol. The largest absolute Gasteiger partial charge is 0.444 e. The highest BCUT2D eigenvalue weighted by atomic mass is 35.5. The molecular weight excluding hydrogens is 401 g/mol. The number of amides is 2. The van der Waals surface area contributed by atoms with Gasteiger partial charge in [-0.2, -0.15) is 0 Å². The standard InChI is InChI=1S/C20H21Cl2N3O3/c1-10-13(8-24-19(27)28-20(2,3)4)16(12-6-5-11(21)7-14(12)22)17-15(25-10)9-23-18(17)26/h5-7H,8-9H2,1-4H3,(H,23,26)(H,24,27). The Labute approximate surface area is 173 Å². The molecule has 0 bridgehead atoms. The fourth-order valence-electron chi connectivity index (χ4n) is 3.11. The van der Waals surface area contributed by atoms with E-state index in [1.165, 1.54) is 0 Å². The lowest BCUT2D eigenvalue weighted by molar-refractivity contribution is 0.0523. The summed E-state index contributed by atoms with van der Waals surface area (Å²) in [6.45, 7) is 7.70. The van der Waals surface area contributed by atoms with Gasteiger partial charge in [0, 0.05) is 39.0 Å². The van der Waals surface area contributed by atoms with Crippen molar-refractivity contribution in [1.82, 2.24) is 15.6 Å². The van der Waals surface area contributed by atoms with Crippen LogP contribution in [0.2, 0.25) is 10.0 Å². The van der Waals surface area contributed by atoms with Gasteiger partial charge in [0.1, 0.15) is 5.60 Å². The Morgan fingerprint density at radius 1 is 1.29 bits per heavy atom. The first-order valence-corrected chi connectivity index (χ1v) is 9.55. The summed E-state index contributed by atoms with van der Waals surface area (Å²) in [5.74, 6) is -0.220. The highest BCUT2D eigenvalue weighted by molar-refractivity contribution is 6.36. The Kier molecular flexibility index (Phi) is 5.55. The second kappa shape index (κ2) is 7.60. The van der Waals surface area contributed by atoms with Gasteiger partial charge in [-0.3, -0.25) is 9.78 Å². The van der Waals surface area contributed by atoms with Crippen molar-refractivity contribution < 1.29 is 14.3 Å². The third-order valence-corrected chi connectivity index (χ3v) is 4.78. The number of nitrogens with one attached hydrogen (secondary N) is 2. The van der Waals surface area contributed by atoms with Crippen LogP contribution in [0.25, 0.3) is 11.1 Å². The molecule has 1 aromatic carbocycles. The van der Waals surface area contributed by atoms with E-state index in [9.17, 15) is 9.59 Å². The number of alkyl carbamates (subject to hydrolysis) is 1. The second-order valence-electron chi connectivity index (χ2n) is 7.53. The molecule has 1 aliphatic rings. The van der Waals surface area contributed by atoms with Gasteiger partial charge >= 0.3 is 6.09 Å². The Balaban J connectivity index is 2.08. The van der Waals surface area contributed by atoms with Crippen LogP contribution in [0, 0.1) is 6.92 Å². The first-order chi connectivity index (χ1) is 13.1. The summed E-state index contributed by atoms with van der Waals surface area (Å²) in [7, 11) is 0. The number of carbonyl (C=O) groups is 2. The lowest BCUT2D eigenvalue weighted by Gasteiger charge is -2.21. The molecule has 0 saturated heterocycles. The molecule has 0 unspecified atom stereocenters. The summed E-state index contributed by atoms with van der Waals surface area (Å²) in [6.07, 6.45) is -0.551. The average molecular weight is 422 g/mol. The molecule has 2 N–H and O–H groups in total. The highest BCUT2D eigenvalue weighted by Gasteiger charge is 2.29. The number of pyridine rings is 1. The highest BCUT2D eigenvalue weighted by Crippen LogP contribution is 2.38. The van der Waals surface area contributed by atoms with Crippen molar-refractivity contribution in [3.05, 3.63) is 50.8 Å². The number of hydrogen-bond acceptors (Lipinski definition) is 4. The summed E-state index contributed by atoms with van der Waals surface area (Å²) >= 11 is 12.5. The molecule has 0 fully saturated rings. The molecule has 1 aliphatic heterocycles. The molecule has 0 spiro atoms. The van der Waals surface area contributed by atoms with Crippen LogP contribution in [-0.4, -0.2) is 22.6 Å². The molecule has 2 heterocycles. The van der Waals surface area contributed by atoms with Gasteiger partial charge in [0.15, 0.2) is 0 Å². The molecule has 0 radical (unpaired) electrons. The number of benzene rings is 1. The molecule has 3 rings (SSSR count). The minimum absolute atomic E-state index is 0.141. The summed E-state index contributed by atoms with van der Waals surface area (Å²) < 4.78 is 5.30. The maximum atomic E-state index is 12.5. The van der Waals surface area contributed by atoms with Crippen molar-refractivity contribution in [2.45, 2.75) is 46.4 Å². The van der Waals surface area contributed by atoms with Crippen molar-refractivity contribution in [1.29, 1.82) is 0 Å². The summed E-state index contributed by atoms with van der Waals surface area (Å²) in [4.78, 5) is 29.2. The van der Waals surface area contributed by atoms with E-state index in [0.717, 1.165) is 0 Å². The van der Waals surface area contributed by atoms with E-state index in [1.807, 2.05) is 6.92 Å². The maximum absolute atomic E-state index is 12.5. The Morgan fingerprint density at radius 2 is 2.00 bits per heavy atom. The molecular formula is C20H21Cl2N3O3. The van der Waals surface area contributed by atoms with Gasteiger partial charge < -0.3 is 15.4 Å². The molecule has 1 aromatic heterocycles. The van der Waals surface area contributed by atoms with Gasteiger partial charge in [-0.1, -0.05) is 29.3 Å². The smallest absolute Gasteiger partial charge is 0.407 e. The lowest BCUT2D eigenvalue weighted by Crippen LogP contribution is -2.32. The van der Waals surface area contributed by atoms with Crippen LogP contribution < -0.4 is 10.6 Å². The molecule has 0 atom stereocenters. The molecule has 8 heteroatoms. The quantitative estimate of drug-likeness (QED) is 0.756. The van der Waals surface area contributed by atoms with E-state index in [0.29, 0.717) is 50.2 Å². The molecule has 6 nitrogen and oxygen atoms in total. The maximum Gasteiger partial charge on any atom is 0.407 e. The number of aryl methyl sites for hydroxylation is 1. The molecule has 2 amide bonds. The number of ether oxygens (including phenoxy) is 1. The Hall–Kier alpha value is -2.31. The predicted octanol–water partition coefficient (Wildman–Crippen LogP) is 4.63. The normalized spacial score (nSPS) is 13.1. The fourth-order valence-corrected chi connectivity index (χ4v) is 3.61. The van der Waals surface area contributed by atoms with Crippen LogP contribution in [0.5, 0.6) is 0 Å². The van der Waals surface area contributed by atoms with E-state index in [-0.39, 0.29) is 12.5 Å². The van der Waals surface area contributed by atoms with Crippen LogP contribution in [0.15, 0.2) is 18.2 Å². The fraction of sp³-hybridized carbons (Fsp3) is 0.350. The van der Waals surface area contributed by atoms with E-state index >= 15 is 0 Å².